The second kappa shape index (κ2) is 5.43. The highest BCUT2D eigenvalue weighted by Crippen LogP contribution is 2.26. The van der Waals surface area contributed by atoms with E-state index in [0.29, 0.717) is 6.54 Å². The van der Waals surface area contributed by atoms with Crippen molar-refractivity contribution in [2.75, 3.05) is 39.8 Å². The first-order valence-corrected chi connectivity index (χ1v) is 7.68. The zero-order valence-electron chi connectivity index (χ0n) is 13.2. The minimum atomic E-state index is 0.129. The fourth-order valence-corrected chi connectivity index (χ4v) is 3.13. The van der Waals surface area contributed by atoms with Gasteiger partial charge in [0.05, 0.1) is 13.2 Å². The SMILES string of the molecule is CN1CCN(CC(=O)c2ccc3c(c2)CCO3)CC1(C)C. The van der Waals surface area contributed by atoms with Crippen LogP contribution in [-0.2, 0) is 6.42 Å². The minimum Gasteiger partial charge on any atom is -0.493 e. The van der Waals surface area contributed by atoms with Gasteiger partial charge in [-0.25, -0.2) is 0 Å². The third kappa shape index (κ3) is 2.97. The number of piperazine rings is 1. The summed E-state index contributed by atoms with van der Waals surface area (Å²) in [6.07, 6.45) is 0.915. The topological polar surface area (TPSA) is 32.8 Å². The molecule has 1 fully saturated rings. The Balaban J connectivity index is 1.67. The lowest BCUT2D eigenvalue weighted by atomic mass is 9.99. The highest BCUT2D eigenvalue weighted by molar-refractivity contribution is 5.98. The summed E-state index contributed by atoms with van der Waals surface area (Å²) in [5.74, 6) is 1.15. The molecule has 0 bridgehead atoms. The molecule has 1 saturated heterocycles. The maximum atomic E-state index is 12.5. The number of hydrogen-bond acceptors (Lipinski definition) is 4. The van der Waals surface area contributed by atoms with Gasteiger partial charge in [-0.3, -0.25) is 14.6 Å². The maximum absolute atomic E-state index is 12.5. The van der Waals surface area contributed by atoms with Gasteiger partial charge in [-0.2, -0.15) is 0 Å². The van der Waals surface area contributed by atoms with E-state index in [2.05, 4.69) is 30.7 Å². The van der Waals surface area contributed by atoms with E-state index < -0.39 is 0 Å². The Morgan fingerprint density at radius 1 is 1.33 bits per heavy atom. The lowest BCUT2D eigenvalue weighted by molar-refractivity contribution is 0.0390. The normalized spacial score (nSPS) is 21.9. The molecule has 2 heterocycles. The summed E-state index contributed by atoms with van der Waals surface area (Å²) >= 11 is 0. The zero-order valence-corrected chi connectivity index (χ0v) is 13.2. The van der Waals surface area contributed by atoms with Gasteiger partial charge in [0.2, 0.25) is 0 Å². The largest absolute Gasteiger partial charge is 0.493 e. The predicted molar refractivity (Wildman–Crippen MR) is 83.1 cm³/mol. The number of fused-ring (bicyclic) bond motifs is 1. The Bertz CT molecular complexity index is 554. The average molecular weight is 288 g/mol. The molecule has 1 aromatic carbocycles. The van der Waals surface area contributed by atoms with Crippen LogP contribution in [0.15, 0.2) is 18.2 Å². The van der Waals surface area contributed by atoms with Gasteiger partial charge in [-0.05, 0) is 44.7 Å². The van der Waals surface area contributed by atoms with Crippen LogP contribution in [0.3, 0.4) is 0 Å². The van der Waals surface area contributed by atoms with Crippen LogP contribution < -0.4 is 4.74 Å². The highest BCUT2D eigenvalue weighted by Gasteiger charge is 2.31. The molecule has 0 atom stereocenters. The number of likely N-dealkylation sites (N-methyl/N-ethyl adjacent to an activating group) is 1. The van der Waals surface area contributed by atoms with Gasteiger partial charge < -0.3 is 4.74 Å². The molecule has 0 saturated carbocycles. The predicted octanol–water partition coefficient (Wildman–Crippen LogP) is 1.83. The Morgan fingerprint density at radius 3 is 2.90 bits per heavy atom. The van der Waals surface area contributed by atoms with Crippen LogP contribution in [0.25, 0.3) is 0 Å². The van der Waals surface area contributed by atoms with Gasteiger partial charge in [0, 0.05) is 37.2 Å². The van der Waals surface area contributed by atoms with Crippen molar-refractivity contribution in [3.63, 3.8) is 0 Å². The number of rotatable bonds is 3. The van der Waals surface area contributed by atoms with Gasteiger partial charge in [0.1, 0.15) is 5.75 Å². The van der Waals surface area contributed by atoms with Crippen LogP contribution in [0.5, 0.6) is 5.75 Å². The van der Waals surface area contributed by atoms with Crippen LogP contribution in [0, 0.1) is 0 Å². The van der Waals surface area contributed by atoms with Crippen LogP contribution in [0.1, 0.15) is 29.8 Å². The molecule has 0 unspecified atom stereocenters. The third-order valence-electron chi connectivity index (χ3n) is 4.77. The first kappa shape index (κ1) is 14.5. The van der Waals surface area contributed by atoms with E-state index in [1.54, 1.807) is 0 Å². The summed E-state index contributed by atoms with van der Waals surface area (Å²) in [6.45, 7) is 8.62. The smallest absolute Gasteiger partial charge is 0.176 e. The molecule has 1 aromatic rings. The fraction of sp³-hybridized carbons (Fsp3) is 0.588. The summed E-state index contributed by atoms with van der Waals surface area (Å²) < 4.78 is 5.49. The minimum absolute atomic E-state index is 0.129. The zero-order chi connectivity index (χ0) is 15.0. The fourth-order valence-electron chi connectivity index (χ4n) is 3.13. The monoisotopic (exact) mass is 288 g/mol. The van der Waals surface area contributed by atoms with Gasteiger partial charge >= 0.3 is 0 Å². The van der Waals surface area contributed by atoms with Gasteiger partial charge in [0.15, 0.2) is 5.78 Å². The molecule has 3 rings (SSSR count). The van der Waals surface area contributed by atoms with Crippen molar-refractivity contribution in [3.8, 4) is 5.75 Å². The van der Waals surface area contributed by atoms with Crippen molar-refractivity contribution in [2.24, 2.45) is 0 Å². The van der Waals surface area contributed by atoms with Crippen molar-refractivity contribution in [3.05, 3.63) is 29.3 Å². The van der Waals surface area contributed by atoms with Crippen LogP contribution >= 0.6 is 0 Å². The molecule has 2 aliphatic heterocycles. The first-order chi connectivity index (χ1) is 9.95. The third-order valence-corrected chi connectivity index (χ3v) is 4.77. The number of nitrogens with zero attached hydrogens (tertiary/aromatic N) is 2. The van der Waals surface area contributed by atoms with Gasteiger partial charge in [-0.15, -0.1) is 0 Å². The lowest BCUT2D eigenvalue weighted by Crippen LogP contribution is -2.58. The van der Waals surface area contributed by atoms with E-state index in [9.17, 15) is 4.79 Å². The van der Waals surface area contributed by atoms with Crippen molar-refractivity contribution in [1.82, 2.24) is 9.80 Å². The molecule has 0 aliphatic carbocycles. The molecule has 4 nitrogen and oxygen atoms in total. The number of hydrogen-bond donors (Lipinski definition) is 0. The van der Waals surface area contributed by atoms with Crippen molar-refractivity contribution in [1.29, 1.82) is 0 Å². The maximum Gasteiger partial charge on any atom is 0.176 e. The first-order valence-electron chi connectivity index (χ1n) is 7.68. The van der Waals surface area contributed by atoms with Gasteiger partial charge in [0.25, 0.3) is 0 Å². The molecule has 2 aliphatic rings. The van der Waals surface area contributed by atoms with E-state index in [0.717, 1.165) is 44.0 Å². The molecule has 0 spiro atoms. The summed E-state index contributed by atoms with van der Waals surface area (Å²) in [5.41, 5.74) is 2.11. The second-order valence-corrected chi connectivity index (χ2v) is 6.79. The number of carbonyl (C=O) groups excluding carboxylic acids is 1. The molecule has 0 N–H and O–H groups in total. The van der Waals surface area contributed by atoms with E-state index in [-0.39, 0.29) is 11.3 Å². The number of ketones is 1. The van der Waals surface area contributed by atoms with Crippen LogP contribution in [0.2, 0.25) is 0 Å². The summed E-state index contributed by atoms with van der Waals surface area (Å²) in [7, 11) is 2.15. The Morgan fingerprint density at radius 2 is 2.14 bits per heavy atom. The summed E-state index contributed by atoms with van der Waals surface area (Å²) in [6, 6.07) is 5.84. The molecule has 0 amide bonds. The van der Waals surface area contributed by atoms with E-state index >= 15 is 0 Å². The van der Waals surface area contributed by atoms with Gasteiger partial charge in [-0.1, -0.05) is 0 Å². The average Bonchev–Trinajstić information content (AvgIpc) is 2.89. The van der Waals surface area contributed by atoms with E-state index in [4.69, 9.17) is 4.74 Å². The van der Waals surface area contributed by atoms with Crippen LogP contribution in [0.4, 0.5) is 0 Å². The number of benzene rings is 1. The molecular weight excluding hydrogens is 264 g/mol. The van der Waals surface area contributed by atoms with Crippen molar-refractivity contribution in [2.45, 2.75) is 25.8 Å². The van der Waals surface area contributed by atoms with E-state index in [1.807, 2.05) is 18.2 Å². The standard InChI is InChI=1S/C17H24N2O2/c1-17(2)12-19(8-7-18(17)3)11-15(20)13-4-5-16-14(10-13)6-9-21-16/h4-5,10H,6-9,11-12H2,1-3H3. The number of Topliss-reactive ketones (excluding diaryl/α,β-unsaturated/α-hetero) is 1. The van der Waals surface area contributed by atoms with Crippen LogP contribution in [-0.4, -0.2) is 61.0 Å². The molecular formula is C17H24N2O2. The Kier molecular flexibility index (Phi) is 3.76. The van der Waals surface area contributed by atoms with Crippen molar-refractivity contribution >= 4 is 5.78 Å². The molecule has 114 valence electrons. The lowest BCUT2D eigenvalue weighted by Gasteiger charge is -2.45. The molecule has 21 heavy (non-hydrogen) atoms. The Labute approximate surface area is 126 Å². The number of carbonyl (C=O) groups is 1. The Hall–Kier alpha value is -1.39. The van der Waals surface area contributed by atoms with E-state index in [1.165, 1.54) is 5.56 Å². The molecule has 4 heteroatoms. The molecule has 0 aromatic heterocycles. The number of ether oxygens (including phenoxy) is 1. The summed E-state index contributed by atoms with van der Waals surface area (Å²) in [4.78, 5) is 17.1. The highest BCUT2D eigenvalue weighted by atomic mass is 16.5. The van der Waals surface area contributed by atoms with Crippen molar-refractivity contribution < 1.29 is 9.53 Å². The quantitative estimate of drug-likeness (QED) is 0.795. The molecule has 0 radical (unpaired) electrons. The second-order valence-electron chi connectivity index (χ2n) is 6.79. The summed E-state index contributed by atoms with van der Waals surface area (Å²) in [5, 5.41) is 0.